The standard InChI is InChI=1S/C13H24/c1-9(2)11(4)12(5)10(3)8-13-6-7-13/h8-9,11-13H,6-7H2,1-5H3. The van der Waals surface area contributed by atoms with Crippen LogP contribution >= 0.6 is 0 Å². The fourth-order valence-corrected chi connectivity index (χ4v) is 1.78. The molecule has 0 aromatic carbocycles. The fraction of sp³-hybridized carbons (Fsp3) is 0.846. The second-order valence-electron chi connectivity index (χ2n) is 5.14. The Labute approximate surface area is 83.4 Å². The molecular formula is C13H24. The summed E-state index contributed by atoms with van der Waals surface area (Å²) in [5.41, 5.74) is 1.61. The maximum Gasteiger partial charge on any atom is -0.0206 e. The zero-order chi connectivity index (χ0) is 10.0. The minimum absolute atomic E-state index is 0.764. The van der Waals surface area contributed by atoms with Crippen LogP contribution in [-0.2, 0) is 0 Å². The van der Waals surface area contributed by atoms with Crippen LogP contribution in [0.5, 0.6) is 0 Å². The van der Waals surface area contributed by atoms with Gasteiger partial charge in [0.25, 0.3) is 0 Å². The van der Waals surface area contributed by atoms with Crippen LogP contribution in [0, 0.1) is 23.7 Å². The van der Waals surface area contributed by atoms with Crippen LogP contribution in [0.15, 0.2) is 11.6 Å². The second kappa shape index (κ2) is 4.30. The molecule has 1 saturated carbocycles. The zero-order valence-corrected chi connectivity index (χ0v) is 9.80. The first kappa shape index (κ1) is 10.8. The minimum Gasteiger partial charge on any atom is -0.0822 e. The van der Waals surface area contributed by atoms with E-state index in [0.29, 0.717) is 0 Å². The van der Waals surface area contributed by atoms with Gasteiger partial charge in [0, 0.05) is 0 Å². The lowest BCUT2D eigenvalue weighted by Crippen LogP contribution is -2.15. The molecule has 0 nitrogen and oxygen atoms in total. The summed E-state index contributed by atoms with van der Waals surface area (Å²) < 4.78 is 0. The highest BCUT2D eigenvalue weighted by Crippen LogP contribution is 2.34. The average molecular weight is 180 g/mol. The zero-order valence-electron chi connectivity index (χ0n) is 9.80. The highest BCUT2D eigenvalue weighted by Gasteiger charge is 2.22. The van der Waals surface area contributed by atoms with Gasteiger partial charge in [0.15, 0.2) is 0 Å². The molecule has 0 bridgehead atoms. The van der Waals surface area contributed by atoms with E-state index in [9.17, 15) is 0 Å². The summed E-state index contributed by atoms with van der Waals surface area (Å²) in [5.74, 6) is 3.31. The highest BCUT2D eigenvalue weighted by molar-refractivity contribution is 5.09. The van der Waals surface area contributed by atoms with Gasteiger partial charge in [0.1, 0.15) is 0 Å². The van der Waals surface area contributed by atoms with Crippen molar-refractivity contribution >= 4 is 0 Å². The van der Waals surface area contributed by atoms with Crippen LogP contribution in [0.3, 0.4) is 0 Å². The lowest BCUT2D eigenvalue weighted by molar-refractivity contribution is 0.330. The Kier molecular flexibility index (Phi) is 3.58. The Balaban J connectivity index is 2.49. The van der Waals surface area contributed by atoms with Crippen molar-refractivity contribution in [2.24, 2.45) is 23.7 Å². The molecule has 0 heteroatoms. The average Bonchev–Trinajstić information content (AvgIpc) is 2.85. The largest absolute Gasteiger partial charge is 0.0822 e. The molecular weight excluding hydrogens is 156 g/mol. The summed E-state index contributed by atoms with van der Waals surface area (Å²) in [7, 11) is 0. The molecule has 1 rings (SSSR count). The second-order valence-corrected chi connectivity index (χ2v) is 5.14. The van der Waals surface area contributed by atoms with Crippen molar-refractivity contribution in [2.75, 3.05) is 0 Å². The maximum absolute atomic E-state index is 2.50. The van der Waals surface area contributed by atoms with Crippen molar-refractivity contribution in [1.82, 2.24) is 0 Å². The third-order valence-electron chi connectivity index (χ3n) is 3.68. The van der Waals surface area contributed by atoms with E-state index < -0.39 is 0 Å². The smallest absolute Gasteiger partial charge is 0.0206 e. The van der Waals surface area contributed by atoms with E-state index in [1.165, 1.54) is 12.8 Å². The molecule has 2 unspecified atom stereocenters. The Hall–Kier alpha value is -0.260. The fourth-order valence-electron chi connectivity index (χ4n) is 1.78. The van der Waals surface area contributed by atoms with E-state index in [1.807, 2.05) is 0 Å². The van der Waals surface area contributed by atoms with Gasteiger partial charge >= 0.3 is 0 Å². The summed E-state index contributed by atoms with van der Waals surface area (Å²) in [6.45, 7) is 11.7. The van der Waals surface area contributed by atoms with Crippen LogP contribution in [0.1, 0.15) is 47.5 Å². The van der Waals surface area contributed by atoms with Gasteiger partial charge in [-0.15, -0.1) is 0 Å². The van der Waals surface area contributed by atoms with E-state index in [-0.39, 0.29) is 0 Å². The van der Waals surface area contributed by atoms with Gasteiger partial charge in [-0.05, 0) is 43.4 Å². The first-order valence-electron chi connectivity index (χ1n) is 5.70. The van der Waals surface area contributed by atoms with Gasteiger partial charge in [-0.25, -0.2) is 0 Å². The van der Waals surface area contributed by atoms with E-state index in [0.717, 1.165) is 23.7 Å². The first-order chi connectivity index (χ1) is 6.02. The molecule has 0 radical (unpaired) electrons. The third kappa shape index (κ3) is 3.17. The van der Waals surface area contributed by atoms with E-state index in [1.54, 1.807) is 5.57 Å². The van der Waals surface area contributed by atoms with Crippen molar-refractivity contribution in [3.8, 4) is 0 Å². The van der Waals surface area contributed by atoms with Crippen molar-refractivity contribution in [2.45, 2.75) is 47.5 Å². The maximum atomic E-state index is 2.50. The number of hydrogen-bond acceptors (Lipinski definition) is 0. The van der Waals surface area contributed by atoms with Crippen LogP contribution in [-0.4, -0.2) is 0 Å². The predicted octanol–water partition coefficient (Wildman–Crippen LogP) is 4.27. The summed E-state index contributed by atoms with van der Waals surface area (Å²) in [6, 6.07) is 0. The molecule has 76 valence electrons. The van der Waals surface area contributed by atoms with Gasteiger partial charge < -0.3 is 0 Å². The van der Waals surface area contributed by atoms with Gasteiger partial charge in [-0.3, -0.25) is 0 Å². The van der Waals surface area contributed by atoms with Gasteiger partial charge in [-0.1, -0.05) is 39.3 Å². The van der Waals surface area contributed by atoms with E-state index >= 15 is 0 Å². The summed E-state index contributed by atoms with van der Waals surface area (Å²) >= 11 is 0. The van der Waals surface area contributed by atoms with E-state index in [4.69, 9.17) is 0 Å². The molecule has 0 aromatic heterocycles. The summed E-state index contributed by atoms with van der Waals surface area (Å²) in [4.78, 5) is 0. The molecule has 1 fully saturated rings. The molecule has 1 aliphatic carbocycles. The van der Waals surface area contributed by atoms with Gasteiger partial charge in [-0.2, -0.15) is 0 Å². The van der Waals surface area contributed by atoms with Crippen LogP contribution in [0.2, 0.25) is 0 Å². The number of rotatable bonds is 4. The number of allylic oxidation sites excluding steroid dienone is 2. The monoisotopic (exact) mass is 180 g/mol. The number of hydrogen-bond donors (Lipinski definition) is 0. The Morgan fingerprint density at radius 2 is 1.69 bits per heavy atom. The molecule has 0 aliphatic heterocycles. The molecule has 0 spiro atoms. The summed E-state index contributed by atoms with van der Waals surface area (Å²) in [5, 5.41) is 0. The molecule has 0 N–H and O–H groups in total. The van der Waals surface area contributed by atoms with Crippen molar-refractivity contribution in [3.05, 3.63) is 11.6 Å². The molecule has 1 aliphatic rings. The van der Waals surface area contributed by atoms with E-state index in [2.05, 4.69) is 40.7 Å². The Bertz CT molecular complexity index is 184. The highest BCUT2D eigenvalue weighted by atomic mass is 14.3. The molecule has 0 amide bonds. The lowest BCUT2D eigenvalue weighted by Gasteiger charge is -2.24. The van der Waals surface area contributed by atoms with Crippen molar-refractivity contribution < 1.29 is 0 Å². The summed E-state index contributed by atoms with van der Waals surface area (Å²) in [6.07, 6.45) is 5.36. The molecule has 13 heavy (non-hydrogen) atoms. The van der Waals surface area contributed by atoms with Crippen LogP contribution < -0.4 is 0 Å². The van der Waals surface area contributed by atoms with Crippen molar-refractivity contribution in [3.63, 3.8) is 0 Å². The quantitative estimate of drug-likeness (QED) is 0.567. The molecule has 0 saturated heterocycles. The first-order valence-corrected chi connectivity index (χ1v) is 5.70. The van der Waals surface area contributed by atoms with Crippen LogP contribution in [0.4, 0.5) is 0 Å². The predicted molar refractivity (Wildman–Crippen MR) is 59.6 cm³/mol. The lowest BCUT2D eigenvalue weighted by atomic mass is 9.82. The molecule has 2 atom stereocenters. The van der Waals surface area contributed by atoms with Gasteiger partial charge in [0.2, 0.25) is 0 Å². The SMILES string of the molecule is CC(=CC1CC1)C(C)C(C)C(C)C. The molecule has 0 heterocycles. The molecule has 0 aromatic rings. The normalized spacial score (nSPS) is 23.4. The van der Waals surface area contributed by atoms with Gasteiger partial charge in [0.05, 0.1) is 0 Å². The third-order valence-corrected chi connectivity index (χ3v) is 3.68. The Morgan fingerprint density at radius 1 is 1.15 bits per heavy atom. The Morgan fingerprint density at radius 3 is 2.08 bits per heavy atom. The topological polar surface area (TPSA) is 0 Å². The van der Waals surface area contributed by atoms with Crippen molar-refractivity contribution in [1.29, 1.82) is 0 Å². The van der Waals surface area contributed by atoms with Crippen LogP contribution in [0.25, 0.3) is 0 Å². The minimum atomic E-state index is 0.764.